The third kappa shape index (κ3) is 5.75. The Bertz CT molecular complexity index is 367. The number of aliphatic hydroxyl groups is 1. The van der Waals surface area contributed by atoms with Gasteiger partial charge in [0.15, 0.2) is 6.10 Å². The predicted octanol–water partition coefficient (Wildman–Crippen LogP) is 2.12. The minimum atomic E-state index is -0.517. The Hall–Kier alpha value is -1.55. The number of aliphatic hydroxyl groups excluding tert-OH is 1. The lowest BCUT2D eigenvalue weighted by atomic mass is 10.2. The molecule has 0 fully saturated rings. The van der Waals surface area contributed by atoms with E-state index in [9.17, 15) is 9.90 Å². The summed E-state index contributed by atoms with van der Waals surface area (Å²) < 4.78 is 5.62. The molecule has 0 saturated carbocycles. The molecule has 0 aliphatic carbocycles. The smallest absolute Gasteiger partial charge is 0.261 e. The monoisotopic (exact) mass is 265 g/mol. The average Bonchev–Trinajstić information content (AvgIpc) is 2.43. The number of para-hydroxylation sites is 1. The van der Waals surface area contributed by atoms with Crippen LogP contribution in [0.4, 0.5) is 0 Å². The third-order valence-corrected chi connectivity index (χ3v) is 2.82. The van der Waals surface area contributed by atoms with Crippen LogP contribution < -0.4 is 10.1 Å². The van der Waals surface area contributed by atoms with Gasteiger partial charge in [0.25, 0.3) is 5.91 Å². The standard InChI is InChI=1S/C15H23NO3/c1-3-8-12(17)11-16-15(18)14(4-2)19-13-9-6-5-7-10-13/h5-7,9-10,12,14,17H,3-4,8,11H2,1-2H3,(H,16,18). The maximum absolute atomic E-state index is 11.9. The lowest BCUT2D eigenvalue weighted by molar-refractivity contribution is -0.128. The van der Waals surface area contributed by atoms with Crippen molar-refractivity contribution in [2.45, 2.75) is 45.3 Å². The van der Waals surface area contributed by atoms with Gasteiger partial charge in [-0.3, -0.25) is 4.79 Å². The molecule has 4 nitrogen and oxygen atoms in total. The highest BCUT2D eigenvalue weighted by Crippen LogP contribution is 2.12. The molecule has 4 heteroatoms. The minimum Gasteiger partial charge on any atom is -0.481 e. The van der Waals surface area contributed by atoms with E-state index in [2.05, 4.69) is 5.32 Å². The van der Waals surface area contributed by atoms with E-state index in [1.165, 1.54) is 0 Å². The maximum Gasteiger partial charge on any atom is 0.261 e. The highest BCUT2D eigenvalue weighted by molar-refractivity contribution is 5.81. The molecule has 1 aromatic carbocycles. The lowest BCUT2D eigenvalue weighted by Gasteiger charge is -2.18. The van der Waals surface area contributed by atoms with Gasteiger partial charge in [-0.2, -0.15) is 0 Å². The Morgan fingerprint density at radius 3 is 2.58 bits per heavy atom. The topological polar surface area (TPSA) is 58.6 Å². The van der Waals surface area contributed by atoms with Gasteiger partial charge in [0, 0.05) is 6.54 Å². The van der Waals surface area contributed by atoms with Crippen molar-refractivity contribution in [3.8, 4) is 5.75 Å². The molecule has 0 aliphatic heterocycles. The van der Waals surface area contributed by atoms with Gasteiger partial charge in [-0.1, -0.05) is 38.5 Å². The van der Waals surface area contributed by atoms with Crippen molar-refractivity contribution in [2.75, 3.05) is 6.54 Å². The average molecular weight is 265 g/mol. The zero-order chi connectivity index (χ0) is 14.1. The largest absolute Gasteiger partial charge is 0.481 e. The summed E-state index contributed by atoms with van der Waals surface area (Å²) in [5.41, 5.74) is 0. The molecule has 0 saturated heterocycles. The number of hydrogen-bond acceptors (Lipinski definition) is 3. The van der Waals surface area contributed by atoms with Crippen LogP contribution in [0.1, 0.15) is 33.1 Å². The van der Waals surface area contributed by atoms with Crippen LogP contribution in [0.5, 0.6) is 5.75 Å². The molecule has 19 heavy (non-hydrogen) atoms. The van der Waals surface area contributed by atoms with Crippen molar-refractivity contribution in [2.24, 2.45) is 0 Å². The van der Waals surface area contributed by atoms with E-state index in [0.29, 0.717) is 18.6 Å². The molecule has 0 spiro atoms. The summed E-state index contributed by atoms with van der Waals surface area (Å²) in [7, 11) is 0. The molecule has 0 aliphatic rings. The van der Waals surface area contributed by atoms with Gasteiger partial charge in [0.1, 0.15) is 5.75 Å². The quantitative estimate of drug-likeness (QED) is 0.757. The van der Waals surface area contributed by atoms with Gasteiger partial charge in [0.05, 0.1) is 6.10 Å². The van der Waals surface area contributed by atoms with E-state index < -0.39 is 12.2 Å². The molecule has 0 aromatic heterocycles. The van der Waals surface area contributed by atoms with Crippen LogP contribution in [-0.4, -0.2) is 29.8 Å². The first-order chi connectivity index (χ1) is 9.17. The molecule has 0 bridgehead atoms. The summed E-state index contributed by atoms with van der Waals surface area (Å²) in [6.07, 6.45) is 1.18. The molecule has 1 amide bonds. The van der Waals surface area contributed by atoms with Crippen LogP contribution in [0.15, 0.2) is 30.3 Å². The lowest BCUT2D eigenvalue weighted by Crippen LogP contribution is -2.41. The number of ether oxygens (including phenoxy) is 1. The van der Waals surface area contributed by atoms with Crippen molar-refractivity contribution in [3.05, 3.63) is 30.3 Å². The van der Waals surface area contributed by atoms with Crippen LogP contribution in [0, 0.1) is 0 Å². The van der Waals surface area contributed by atoms with Crippen LogP contribution >= 0.6 is 0 Å². The summed E-state index contributed by atoms with van der Waals surface area (Å²) >= 11 is 0. The van der Waals surface area contributed by atoms with Gasteiger partial charge >= 0.3 is 0 Å². The van der Waals surface area contributed by atoms with Crippen LogP contribution in [0.25, 0.3) is 0 Å². The minimum absolute atomic E-state index is 0.179. The summed E-state index contributed by atoms with van der Waals surface area (Å²) in [6.45, 7) is 4.18. The Labute approximate surface area is 114 Å². The summed E-state index contributed by atoms with van der Waals surface area (Å²) in [4.78, 5) is 11.9. The van der Waals surface area contributed by atoms with Gasteiger partial charge in [-0.25, -0.2) is 0 Å². The van der Waals surface area contributed by atoms with Gasteiger partial charge < -0.3 is 15.2 Å². The fraction of sp³-hybridized carbons (Fsp3) is 0.533. The van der Waals surface area contributed by atoms with Crippen molar-refractivity contribution in [1.82, 2.24) is 5.32 Å². The number of amides is 1. The molecule has 106 valence electrons. The zero-order valence-corrected chi connectivity index (χ0v) is 11.6. The second-order valence-electron chi connectivity index (χ2n) is 4.52. The molecule has 1 aromatic rings. The van der Waals surface area contributed by atoms with Crippen molar-refractivity contribution < 1.29 is 14.6 Å². The van der Waals surface area contributed by atoms with E-state index in [-0.39, 0.29) is 12.5 Å². The van der Waals surface area contributed by atoms with Crippen molar-refractivity contribution in [3.63, 3.8) is 0 Å². The van der Waals surface area contributed by atoms with E-state index in [1.807, 2.05) is 44.2 Å². The Morgan fingerprint density at radius 2 is 2.00 bits per heavy atom. The van der Waals surface area contributed by atoms with Gasteiger partial charge in [-0.05, 0) is 25.0 Å². The Balaban J connectivity index is 2.44. The van der Waals surface area contributed by atoms with Crippen LogP contribution in [-0.2, 0) is 4.79 Å². The number of benzene rings is 1. The fourth-order valence-corrected chi connectivity index (χ4v) is 1.75. The summed E-state index contributed by atoms with van der Waals surface area (Å²) in [6, 6.07) is 9.27. The highest BCUT2D eigenvalue weighted by atomic mass is 16.5. The SMILES string of the molecule is CCCC(O)CNC(=O)C(CC)Oc1ccccc1. The van der Waals surface area contributed by atoms with E-state index in [0.717, 1.165) is 6.42 Å². The third-order valence-electron chi connectivity index (χ3n) is 2.82. The maximum atomic E-state index is 11.9. The zero-order valence-electron chi connectivity index (χ0n) is 11.6. The Morgan fingerprint density at radius 1 is 1.32 bits per heavy atom. The molecule has 2 unspecified atom stereocenters. The number of carbonyl (C=O) groups is 1. The predicted molar refractivity (Wildman–Crippen MR) is 75.1 cm³/mol. The first-order valence-electron chi connectivity index (χ1n) is 6.84. The second-order valence-corrected chi connectivity index (χ2v) is 4.52. The van der Waals surface area contributed by atoms with Crippen molar-refractivity contribution >= 4 is 5.91 Å². The number of rotatable bonds is 8. The van der Waals surface area contributed by atoms with Crippen LogP contribution in [0.2, 0.25) is 0 Å². The molecule has 0 heterocycles. The van der Waals surface area contributed by atoms with Gasteiger partial charge in [0.2, 0.25) is 0 Å². The molecule has 2 N–H and O–H groups in total. The number of nitrogens with one attached hydrogen (secondary N) is 1. The van der Waals surface area contributed by atoms with Crippen LogP contribution in [0.3, 0.4) is 0 Å². The normalized spacial score (nSPS) is 13.6. The molecule has 2 atom stereocenters. The first-order valence-corrected chi connectivity index (χ1v) is 6.84. The van der Waals surface area contributed by atoms with Gasteiger partial charge in [-0.15, -0.1) is 0 Å². The summed E-state index contributed by atoms with van der Waals surface area (Å²) in [5, 5.41) is 12.3. The summed E-state index contributed by atoms with van der Waals surface area (Å²) in [5.74, 6) is 0.500. The Kier molecular flexibility index (Phi) is 6.97. The fourth-order valence-electron chi connectivity index (χ4n) is 1.75. The van der Waals surface area contributed by atoms with E-state index in [1.54, 1.807) is 0 Å². The first kappa shape index (κ1) is 15.5. The molecular formula is C15H23NO3. The molecular weight excluding hydrogens is 242 g/mol. The highest BCUT2D eigenvalue weighted by Gasteiger charge is 2.18. The van der Waals surface area contributed by atoms with E-state index in [4.69, 9.17) is 4.74 Å². The molecule has 1 rings (SSSR count). The van der Waals surface area contributed by atoms with E-state index >= 15 is 0 Å². The second kappa shape index (κ2) is 8.53. The number of carbonyl (C=O) groups excluding carboxylic acids is 1. The molecule has 0 radical (unpaired) electrons. The number of hydrogen-bond donors (Lipinski definition) is 2. The van der Waals surface area contributed by atoms with Crippen molar-refractivity contribution in [1.29, 1.82) is 0 Å².